The third-order valence-corrected chi connectivity index (χ3v) is 9.35. The Labute approximate surface area is 202 Å². The molecule has 2 aromatic rings. The number of aryl methyl sites for hydroxylation is 1. The van der Waals surface area contributed by atoms with Crippen LogP contribution >= 0.6 is 0 Å². The van der Waals surface area contributed by atoms with Gasteiger partial charge in [-0.2, -0.15) is 5.10 Å². The number of piperidine rings is 1. The van der Waals surface area contributed by atoms with E-state index in [0.29, 0.717) is 13.0 Å². The molecule has 6 rings (SSSR count). The topological polar surface area (TPSA) is 85.0 Å². The summed E-state index contributed by atoms with van der Waals surface area (Å²) in [4.78, 5) is 4.95. The van der Waals surface area contributed by atoms with E-state index in [4.69, 9.17) is 0 Å². The van der Waals surface area contributed by atoms with Crippen LogP contribution in [0.25, 0.3) is 0 Å². The lowest BCUT2D eigenvalue weighted by Gasteiger charge is -2.61. The molecule has 4 unspecified atom stereocenters. The van der Waals surface area contributed by atoms with Gasteiger partial charge in [-0.1, -0.05) is 6.07 Å². The molecule has 184 valence electrons. The van der Waals surface area contributed by atoms with Gasteiger partial charge in [-0.15, -0.1) is 0 Å². The van der Waals surface area contributed by atoms with E-state index in [1.165, 1.54) is 18.4 Å². The predicted molar refractivity (Wildman–Crippen MR) is 130 cm³/mol. The minimum absolute atomic E-state index is 0.0366. The SMILES string of the molecule is Cc1cnn(CC(CO)N2CCC34CCN(CC5CC5)C(Cc5ccc(O)cc53)C4(O)CC2)c1. The summed E-state index contributed by atoms with van der Waals surface area (Å²) in [6.45, 7) is 6.42. The smallest absolute Gasteiger partial charge is 0.115 e. The number of aromatic hydroxyl groups is 1. The summed E-state index contributed by atoms with van der Waals surface area (Å²) in [7, 11) is 0. The molecule has 3 heterocycles. The number of aliphatic hydroxyl groups is 2. The Hall–Kier alpha value is -1.93. The van der Waals surface area contributed by atoms with E-state index in [9.17, 15) is 15.3 Å². The second-order valence-electron chi connectivity index (χ2n) is 11.4. The molecule has 0 radical (unpaired) electrons. The number of phenolic OH excluding ortho intramolecular Hbond substituents is 1. The Kier molecular flexibility index (Phi) is 5.52. The van der Waals surface area contributed by atoms with Crippen LogP contribution in [0.3, 0.4) is 0 Å². The number of phenols is 1. The number of benzene rings is 1. The number of nitrogens with zero attached hydrogens (tertiary/aromatic N) is 4. The minimum atomic E-state index is -0.835. The number of hydrogen-bond acceptors (Lipinski definition) is 6. The molecule has 2 aliphatic carbocycles. The molecular formula is C27H38N4O3. The number of fused-ring (bicyclic) bond motifs is 1. The van der Waals surface area contributed by atoms with Gasteiger partial charge in [0.25, 0.3) is 0 Å². The molecule has 7 heteroatoms. The fraction of sp³-hybridized carbons (Fsp3) is 0.667. The van der Waals surface area contributed by atoms with E-state index < -0.39 is 5.60 Å². The number of aliphatic hydroxyl groups excluding tert-OH is 1. The normalized spacial score (nSPS) is 32.6. The molecule has 4 aliphatic rings. The van der Waals surface area contributed by atoms with E-state index in [2.05, 4.69) is 21.0 Å². The predicted octanol–water partition coefficient (Wildman–Crippen LogP) is 2.06. The fourth-order valence-electron chi connectivity index (χ4n) is 7.32. The molecule has 3 N–H and O–H groups in total. The van der Waals surface area contributed by atoms with Crippen LogP contribution < -0.4 is 0 Å². The van der Waals surface area contributed by atoms with Crippen molar-refractivity contribution in [3.63, 3.8) is 0 Å². The van der Waals surface area contributed by atoms with Gasteiger partial charge in [0.05, 0.1) is 31.0 Å². The molecule has 34 heavy (non-hydrogen) atoms. The van der Waals surface area contributed by atoms with Gasteiger partial charge in [-0.3, -0.25) is 14.5 Å². The number of rotatable bonds is 6. The van der Waals surface area contributed by atoms with Gasteiger partial charge < -0.3 is 15.3 Å². The van der Waals surface area contributed by atoms with Crippen molar-refractivity contribution in [1.82, 2.24) is 19.6 Å². The highest BCUT2D eigenvalue weighted by Crippen LogP contribution is 2.56. The highest BCUT2D eigenvalue weighted by molar-refractivity contribution is 5.48. The molecule has 2 bridgehead atoms. The lowest BCUT2D eigenvalue weighted by Crippen LogP contribution is -2.71. The van der Waals surface area contributed by atoms with Crippen molar-refractivity contribution in [1.29, 1.82) is 0 Å². The van der Waals surface area contributed by atoms with Crippen molar-refractivity contribution in [2.24, 2.45) is 5.92 Å². The van der Waals surface area contributed by atoms with Crippen molar-refractivity contribution in [3.8, 4) is 5.75 Å². The van der Waals surface area contributed by atoms with Crippen LogP contribution in [0.4, 0.5) is 0 Å². The van der Waals surface area contributed by atoms with Crippen LogP contribution in [0.1, 0.15) is 48.8 Å². The Bertz CT molecular complexity index is 1050. The molecule has 3 fully saturated rings. The van der Waals surface area contributed by atoms with Crippen LogP contribution in [-0.4, -0.2) is 85.4 Å². The zero-order valence-electron chi connectivity index (χ0n) is 20.2. The van der Waals surface area contributed by atoms with Gasteiger partial charge in [-0.25, -0.2) is 0 Å². The van der Waals surface area contributed by atoms with Gasteiger partial charge >= 0.3 is 0 Å². The average molecular weight is 467 g/mol. The third kappa shape index (κ3) is 3.60. The third-order valence-electron chi connectivity index (χ3n) is 9.35. The van der Waals surface area contributed by atoms with E-state index in [-0.39, 0.29) is 29.9 Å². The van der Waals surface area contributed by atoms with Crippen LogP contribution in [0.2, 0.25) is 0 Å². The quantitative estimate of drug-likeness (QED) is 0.604. The first kappa shape index (κ1) is 22.5. The maximum absolute atomic E-state index is 12.6. The number of likely N-dealkylation sites (tertiary alicyclic amines) is 2. The van der Waals surface area contributed by atoms with Crippen molar-refractivity contribution < 1.29 is 15.3 Å². The summed E-state index contributed by atoms with van der Waals surface area (Å²) in [6.07, 6.45) is 9.79. The Morgan fingerprint density at radius 1 is 1.15 bits per heavy atom. The standard InChI is InChI=1S/C27H38N4O3/c1-19-14-28-31(15-19)17-22(18-32)29-9-6-26-7-10-30(16-20-2-3-20)25(27(26,34)8-11-29)12-21-4-5-23(33)13-24(21)26/h4-5,13-15,20,22,25,32-34H,2-3,6-12,16-18H2,1H3. The van der Waals surface area contributed by atoms with Gasteiger partial charge in [0.15, 0.2) is 0 Å². The molecule has 2 saturated heterocycles. The van der Waals surface area contributed by atoms with E-state index in [1.54, 1.807) is 6.07 Å². The van der Waals surface area contributed by atoms with Crippen molar-refractivity contribution in [2.45, 2.75) is 75.1 Å². The second kappa shape index (κ2) is 8.33. The summed E-state index contributed by atoms with van der Waals surface area (Å²) in [5, 5.41) is 37.8. The molecule has 0 spiro atoms. The van der Waals surface area contributed by atoms with Crippen molar-refractivity contribution in [2.75, 3.05) is 32.8 Å². The van der Waals surface area contributed by atoms with Crippen molar-refractivity contribution >= 4 is 0 Å². The maximum atomic E-state index is 12.6. The van der Waals surface area contributed by atoms with Gasteiger partial charge in [0, 0.05) is 30.7 Å². The summed E-state index contributed by atoms with van der Waals surface area (Å²) >= 11 is 0. The Morgan fingerprint density at radius 2 is 1.94 bits per heavy atom. The molecule has 4 atom stereocenters. The lowest BCUT2D eigenvalue weighted by atomic mass is 9.52. The van der Waals surface area contributed by atoms with E-state index in [0.717, 1.165) is 62.5 Å². The summed E-state index contributed by atoms with van der Waals surface area (Å²) < 4.78 is 1.92. The molecule has 0 amide bonds. The zero-order chi connectivity index (χ0) is 23.5. The van der Waals surface area contributed by atoms with Crippen molar-refractivity contribution in [3.05, 3.63) is 47.3 Å². The first-order valence-corrected chi connectivity index (χ1v) is 13.0. The van der Waals surface area contributed by atoms with Gasteiger partial charge in [-0.05, 0) is 93.3 Å². The maximum Gasteiger partial charge on any atom is 0.115 e. The molecule has 1 aromatic carbocycles. The highest BCUT2D eigenvalue weighted by Gasteiger charge is 2.63. The largest absolute Gasteiger partial charge is 0.508 e. The van der Waals surface area contributed by atoms with Gasteiger partial charge in [0.1, 0.15) is 5.75 Å². The first-order valence-electron chi connectivity index (χ1n) is 13.0. The minimum Gasteiger partial charge on any atom is -0.508 e. The van der Waals surface area contributed by atoms with Gasteiger partial charge in [0.2, 0.25) is 0 Å². The monoisotopic (exact) mass is 466 g/mol. The number of aromatic nitrogens is 2. The summed E-state index contributed by atoms with van der Waals surface area (Å²) in [5.41, 5.74) is 2.36. The molecule has 7 nitrogen and oxygen atoms in total. The molecule has 1 saturated carbocycles. The first-order chi connectivity index (χ1) is 16.4. The Morgan fingerprint density at radius 3 is 2.68 bits per heavy atom. The molecular weight excluding hydrogens is 428 g/mol. The Balaban J connectivity index is 1.34. The summed E-state index contributed by atoms with van der Waals surface area (Å²) in [6, 6.07) is 5.89. The van der Waals surface area contributed by atoms with Crippen LogP contribution in [0.5, 0.6) is 5.75 Å². The van der Waals surface area contributed by atoms with Crippen LogP contribution in [0.15, 0.2) is 30.6 Å². The van der Waals surface area contributed by atoms with Crippen LogP contribution in [-0.2, 0) is 18.4 Å². The molecule has 2 aliphatic heterocycles. The zero-order valence-corrected chi connectivity index (χ0v) is 20.2. The van der Waals surface area contributed by atoms with Crippen LogP contribution in [0, 0.1) is 12.8 Å². The highest BCUT2D eigenvalue weighted by atomic mass is 16.3. The average Bonchev–Trinajstić information content (AvgIpc) is 3.57. The lowest BCUT2D eigenvalue weighted by molar-refractivity contribution is -0.149. The van der Waals surface area contributed by atoms with E-state index >= 15 is 0 Å². The summed E-state index contributed by atoms with van der Waals surface area (Å²) in [5.74, 6) is 1.08. The fourth-order valence-corrected chi connectivity index (χ4v) is 7.32. The second-order valence-corrected chi connectivity index (χ2v) is 11.4. The molecule has 1 aromatic heterocycles. The number of hydrogen-bond donors (Lipinski definition) is 3. The van der Waals surface area contributed by atoms with E-state index in [1.807, 2.05) is 30.1 Å².